The smallest absolute Gasteiger partial charge is 0.229 e. The number of aromatic nitrogens is 5. The Bertz CT molecular complexity index is 806. The Hall–Kier alpha value is -2.28. The molecule has 6 nitrogen and oxygen atoms in total. The van der Waals surface area contributed by atoms with Crippen LogP contribution in [0.15, 0.2) is 18.5 Å². The van der Waals surface area contributed by atoms with Crippen LogP contribution in [0.4, 0.5) is 11.1 Å². The zero-order valence-corrected chi connectivity index (χ0v) is 13.1. The minimum atomic E-state index is 0.592. The number of anilines is 2. The van der Waals surface area contributed by atoms with E-state index in [1.165, 1.54) is 23.4 Å². The summed E-state index contributed by atoms with van der Waals surface area (Å²) in [5.74, 6) is 0.592. The van der Waals surface area contributed by atoms with Crippen LogP contribution in [-0.4, -0.2) is 25.1 Å². The van der Waals surface area contributed by atoms with Gasteiger partial charge in [0.1, 0.15) is 0 Å². The molecule has 0 fully saturated rings. The number of hydrogen-bond donors (Lipinski definition) is 2. The van der Waals surface area contributed by atoms with E-state index in [4.69, 9.17) is 4.98 Å². The lowest BCUT2D eigenvalue weighted by atomic mass is 10.0. The summed E-state index contributed by atoms with van der Waals surface area (Å²) >= 11 is 1.68. The molecule has 0 aromatic carbocycles. The maximum atomic E-state index is 4.76. The van der Waals surface area contributed by atoms with Gasteiger partial charge in [-0.3, -0.25) is 5.10 Å². The van der Waals surface area contributed by atoms with Crippen molar-refractivity contribution >= 4 is 22.4 Å². The quantitative estimate of drug-likeness (QED) is 0.759. The topological polar surface area (TPSA) is 79.4 Å². The Labute approximate surface area is 132 Å². The van der Waals surface area contributed by atoms with Gasteiger partial charge in [0.2, 0.25) is 5.95 Å². The first-order chi connectivity index (χ1) is 10.8. The highest BCUT2D eigenvalue weighted by molar-refractivity contribution is 7.16. The molecule has 0 amide bonds. The summed E-state index contributed by atoms with van der Waals surface area (Å²) in [6, 6.07) is 1.88. The number of hydrogen-bond acceptors (Lipinski definition) is 6. The van der Waals surface area contributed by atoms with Crippen LogP contribution in [0.5, 0.6) is 0 Å². The van der Waals surface area contributed by atoms with E-state index in [0.29, 0.717) is 5.95 Å². The second kappa shape index (κ2) is 5.49. The average Bonchev–Trinajstić information content (AvgIpc) is 3.08. The first-order valence-electron chi connectivity index (χ1n) is 7.38. The molecule has 7 heteroatoms. The van der Waals surface area contributed by atoms with Crippen molar-refractivity contribution < 1.29 is 0 Å². The van der Waals surface area contributed by atoms with Crippen molar-refractivity contribution in [2.24, 2.45) is 0 Å². The number of rotatable bonds is 2. The minimum absolute atomic E-state index is 0.592. The summed E-state index contributed by atoms with van der Waals surface area (Å²) < 4.78 is 0. The van der Waals surface area contributed by atoms with E-state index in [2.05, 4.69) is 25.5 Å². The number of aromatic amines is 1. The minimum Gasteiger partial charge on any atom is -0.300 e. The van der Waals surface area contributed by atoms with Crippen LogP contribution in [0.25, 0.3) is 11.3 Å². The van der Waals surface area contributed by atoms with E-state index < -0.39 is 0 Å². The summed E-state index contributed by atoms with van der Waals surface area (Å²) in [5.41, 5.74) is 4.29. The third kappa shape index (κ3) is 2.48. The van der Waals surface area contributed by atoms with E-state index >= 15 is 0 Å². The van der Waals surface area contributed by atoms with Crippen LogP contribution in [0.2, 0.25) is 0 Å². The van der Waals surface area contributed by atoms with Crippen molar-refractivity contribution in [3.05, 3.63) is 34.7 Å². The predicted octanol–water partition coefficient (Wildman–Crippen LogP) is 3.25. The molecule has 3 aromatic heterocycles. The first kappa shape index (κ1) is 13.4. The number of nitrogens with one attached hydrogen (secondary N) is 2. The Morgan fingerprint density at radius 3 is 3.05 bits per heavy atom. The van der Waals surface area contributed by atoms with E-state index in [0.717, 1.165) is 34.9 Å². The van der Waals surface area contributed by atoms with Gasteiger partial charge in [-0.25, -0.2) is 15.0 Å². The van der Waals surface area contributed by atoms with E-state index in [-0.39, 0.29) is 0 Å². The first-order valence-corrected chi connectivity index (χ1v) is 8.20. The molecule has 0 aliphatic heterocycles. The highest BCUT2D eigenvalue weighted by Gasteiger charge is 2.20. The van der Waals surface area contributed by atoms with Crippen molar-refractivity contribution in [1.29, 1.82) is 0 Å². The van der Waals surface area contributed by atoms with Gasteiger partial charge in [-0.1, -0.05) is 0 Å². The highest BCUT2D eigenvalue weighted by Crippen LogP contribution is 2.36. The van der Waals surface area contributed by atoms with Crippen molar-refractivity contribution in [3.8, 4) is 11.3 Å². The monoisotopic (exact) mass is 312 g/mol. The highest BCUT2D eigenvalue weighted by atomic mass is 32.1. The molecule has 3 heterocycles. The third-order valence-electron chi connectivity index (χ3n) is 3.76. The lowest BCUT2D eigenvalue weighted by molar-refractivity contribution is 0.720. The van der Waals surface area contributed by atoms with Crippen molar-refractivity contribution in [2.75, 3.05) is 5.32 Å². The van der Waals surface area contributed by atoms with E-state index in [1.54, 1.807) is 17.5 Å². The van der Waals surface area contributed by atoms with Crippen molar-refractivity contribution in [2.45, 2.75) is 32.6 Å². The van der Waals surface area contributed by atoms with E-state index in [1.807, 2.05) is 19.2 Å². The Kier molecular flexibility index (Phi) is 3.34. The standard InChI is InChI=1S/C15H16N6S/c1-9-6-7-16-14(18-9)20-15-19-13-10-8-17-21-11(10)4-2-3-5-12(13)22-15/h6-8H,2-5H2,1H3,(H,17,21)(H,16,18,19,20). The normalized spacial score (nSPS) is 13.9. The SMILES string of the molecule is Cc1ccnc(Nc2nc3c(s2)CCCCc2[nH]ncc2-3)n1. The summed E-state index contributed by atoms with van der Waals surface area (Å²) in [6.45, 7) is 1.95. The zero-order valence-electron chi connectivity index (χ0n) is 12.3. The molecular formula is C15H16N6S. The van der Waals surface area contributed by atoms with Crippen molar-refractivity contribution in [3.63, 3.8) is 0 Å². The molecule has 4 rings (SSSR count). The summed E-state index contributed by atoms with van der Waals surface area (Å²) in [6.07, 6.45) is 8.09. The fraction of sp³-hybridized carbons (Fsp3) is 0.333. The molecule has 0 saturated carbocycles. The van der Waals surface area contributed by atoms with E-state index in [9.17, 15) is 0 Å². The number of aryl methyl sites for hydroxylation is 3. The van der Waals surface area contributed by atoms with Crippen LogP contribution in [0.1, 0.15) is 29.1 Å². The molecule has 112 valence electrons. The average molecular weight is 312 g/mol. The van der Waals surface area contributed by atoms with Gasteiger partial charge in [-0.2, -0.15) is 5.10 Å². The van der Waals surface area contributed by atoms with Gasteiger partial charge in [-0.05, 0) is 38.7 Å². The summed E-state index contributed by atoms with van der Waals surface area (Å²) in [4.78, 5) is 14.7. The van der Waals surface area contributed by atoms with Gasteiger partial charge in [0.05, 0.1) is 11.9 Å². The molecule has 0 radical (unpaired) electrons. The summed E-state index contributed by atoms with van der Waals surface area (Å²) in [7, 11) is 0. The second-order valence-corrected chi connectivity index (χ2v) is 6.49. The predicted molar refractivity (Wildman–Crippen MR) is 86.4 cm³/mol. The van der Waals surface area contributed by atoms with Gasteiger partial charge in [-0.15, -0.1) is 11.3 Å². The van der Waals surface area contributed by atoms with Gasteiger partial charge < -0.3 is 5.32 Å². The lowest BCUT2D eigenvalue weighted by Crippen LogP contribution is -1.98. The van der Waals surface area contributed by atoms with Crippen LogP contribution in [0.3, 0.4) is 0 Å². The van der Waals surface area contributed by atoms with Gasteiger partial charge in [0.25, 0.3) is 0 Å². The zero-order chi connectivity index (χ0) is 14.9. The fourth-order valence-corrected chi connectivity index (χ4v) is 3.70. The molecule has 22 heavy (non-hydrogen) atoms. The Morgan fingerprint density at radius 1 is 1.23 bits per heavy atom. The van der Waals surface area contributed by atoms with Crippen LogP contribution in [0, 0.1) is 6.92 Å². The van der Waals surface area contributed by atoms with Crippen molar-refractivity contribution in [1.82, 2.24) is 25.1 Å². The molecule has 0 bridgehead atoms. The molecule has 3 aromatic rings. The lowest BCUT2D eigenvalue weighted by Gasteiger charge is -2.07. The summed E-state index contributed by atoms with van der Waals surface area (Å²) in [5, 5.41) is 11.3. The molecule has 0 saturated heterocycles. The largest absolute Gasteiger partial charge is 0.300 e. The van der Waals surface area contributed by atoms with Crippen LogP contribution >= 0.6 is 11.3 Å². The second-order valence-electron chi connectivity index (χ2n) is 5.41. The molecule has 2 N–H and O–H groups in total. The van der Waals surface area contributed by atoms with Gasteiger partial charge in [0, 0.05) is 28.0 Å². The molecule has 0 atom stereocenters. The van der Waals surface area contributed by atoms with Crippen LogP contribution < -0.4 is 5.32 Å². The molecule has 0 unspecified atom stereocenters. The molecule has 1 aliphatic carbocycles. The Morgan fingerprint density at radius 2 is 2.14 bits per heavy atom. The molecule has 1 aliphatic rings. The number of H-pyrrole nitrogens is 1. The third-order valence-corrected chi connectivity index (χ3v) is 4.80. The number of nitrogens with zero attached hydrogens (tertiary/aromatic N) is 4. The van der Waals surface area contributed by atoms with Gasteiger partial charge in [0.15, 0.2) is 5.13 Å². The Balaban J connectivity index is 1.71. The fourth-order valence-electron chi connectivity index (χ4n) is 2.68. The maximum Gasteiger partial charge on any atom is 0.229 e. The maximum absolute atomic E-state index is 4.76. The molecule has 0 spiro atoms. The van der Waals surface area contributed by atoms with Crippen LogP contribution in [-0.2, 0) is 12.8 Å². The number of thiazole rings is 1. The number of fused-ring (bicyclic) bond motifs is 3. The molecular weight excluding hydrogens is 296 g/mol. The van der Waals surface area contributed by atoms with Gasteiger partial charge >= 0.3 is 0 Å².